The van der Waals surface area contributed by atoms with Crippen LogP contribution < -0.4 is 4.74 Å². The highest BCUT2D eigenvalue weighted by Crippen LogP contribution is 2.35. The minimum Gasteiger partial charge on any atom is -0.497 e. The fourth-order valence-electron chi connectivity index (χ4n) is 3.88. The molecule has 1 aliphatic rings. The van der Waals surface area contributed by atoms with Crippen molar-refractivity contribution in [2.45, 2.75) is 38.7 Å². The topological polar surface area (TPSA) is 62.6 Å². The van der Waals surface area contributed by atoms with Crippen molar-refractivity contribution in [3.05, 3.63) is 71.3 Å². The lowest BCUT2D eigenvalue weighted by Gasteiger charge is -2.38. The van der Waals surface area contributed by atoms with Gasteiger partial charge in [0.15, 0.2) is 0 Å². The maximum atomic E-state index is 12.7. The zero-order chi connectivity index (χ0) is 22.4. The van der Waals surface area contributed by atoms with E-state index in [1.54, 1.807) is 18.1 Å². The van der Waals surface area contributed by atoms with Crippen LogP contribution in [0.5, 0.6) is 5.75 Å². The van der Waals surface area contributed by atoms with Gasteiger partial charge in [-0.3, -0.25) is 0 Å². The van der Waals surface area contributed by atoms with Gasteiger partial charge in [0.05, 0.1) is 18.7 Å². The minimum absolute atomic E-state index is 0.125. The Labute approximate surface area is 184 Å². The molecular weight excluding hydrogens is 388 g/mol. The van der Waals surface area contributed by atoms with Crippen LogP contribution in [-0.4, -0.2) is 36.8 Å². The lowest BCUT2D eigenvalue weighted by molar-refractivity contribution is 0.0170. The first kappa shape index (κ1) is 22.4. The summed E-state index contributed by atoms with van der Waals surface area (Å²) in [5, 5.41) is 9.16. The standard InChI is InChI=1S/C26H30N2O3/c1-26(2,3)31-25(29)28-15-14-24(21-10-12-23(30-4)13-11-21)22(18-28)9-8-19-6-5-7-20(16-19)17-27/h5-13,16,22,24H,14-15,18H2,1-4H3/b9-8+. The summed E-state index contributed by atoms with van der Waals surface area (Å²) >= 11 is 0. The molecule has 1 heterocycles. The number of rotatable bonds is 4. The molecule has 5 heteroatoms. The molecule has 2 atom stereocenters. The second kappa shape index (κ2) is 9.70. The number of benzene rings is 2. The Bertz CT molecular complexity index is 967. The van der Waals surface area contributed by atoms with E-state index in [0.29, 0.717) is 18.7 Å². The SMILES string of the molecule is COc1ccc(C2CCN(C(=O)OC(C)(C)C)CC2/C=C/c2cccc(C#N)c2)cc1. The third-order valence-corrected chi connectivity index (χ3v) is 5.41. The van der Waals surface area contributed by atoms with Crippen LogP contribution in [0.15, 0.2) is 54.6 Å². The van der Waals surface area contributed by atoms with Crippen LogP contribution in [0.3, 0.4) is 0 Å². The van der Waals surface area contributed by atoms with Gasteiger partial charge in [-0.25, -0.2) is 4.79 Å². The molecule has 162 valence electrons. The number of hydrogen-bond donors (Lipinski definition) is 0. The molecular formula is C26H30N2O3. The van der Waals surface area contributed by atoms with Gasteiger partial charge in [-0.05, 0) is 68.5 Å². The average molecular weight is 419 g/mol. The van der Waals surface area contributed by atoms with Gasteiger partial charge < -0.3 is 14.4 Å². The molecule has 0 N–H and O–H groups in total. The summed E-state index contributed by atoms with van der Waals surface area (Å²) in [6.45, 7) is 6.89. The Hall–Kier alpha value is -3.26. The highest BCUT2D eigenvalue weighted by atomic mass is 16.6. The van der Waals surface area contributed by atoms with Gasteiger partial charge in [-0.2, -0.15) is 5.26 Å². The Morgan fingerprint density at radius 1 is 1.19 bits per heavy atom. The van der Waals surface area contributed by atoms with E-state index in [1.807, 2.05) is 57.2 Å². The number of hydrogen-bond acceptors (Lipinski definition) is 4. The number of nitriles is 1. The Kier molecular flexibility index (Phi) is 7.02. The fourth-order valence-corrected chi connectivity index (χ4v) is 3.88. The van der Waals surface area contributed by atoms with Crippen molar-refractivity contribution in [1.29, 1.82) is 5.26 Å². The van der Waals surface area contributed by atoms with Crippen molar-refractivity contribution in [2.75, 3.05) is 20.2 Å². The summed E-state index contributed by atoms with van der Waals surface area (Å²) < 4.78 is 10.9. The Morgan fingerprint density at radius 3 is 2.58 bits per heavy atom. The highest BCUT2D eigenvalue weighted by molar-refractivity contribution is 5.68. The zero-order valence-electron chi connectivity index (χ0n) is 18.7. The first-order valence-corrected chi connectivity index (χ1v) is 10.6. The molecule has 0 aromatic heterocycles. The van der Waals surface area contributed by atoms with Gasteiger partial charge in [0.2, 0.25) is 0 Å². The van der Waals surface area contributed by atoms with Gasteiger partial charge in [0.1, 0.15) is 11.4 Å². The van der Waals surface area contributed by atoms with E-state index in [1.165, 1.54) is 5.56 Å². The van der Waals surface area contributed by atoms with E-state index < -0.39 is 5.60 Å². The number of methoxy groups -OCH3 is 1. The molecule has 2 aromatic carbocycles. The van der Waals surface area contributed by atoms with Crippen molar-refractivity contribution < 1.29 is 14.3 Å². The molecule has 0 aliphatic carbocycles. The molecule has 1 fully saturated rings. The van der Waals surface area contributed by atoms with Crippen LogP contribution in [0, 0.1) is 17.2 Å². The van der Waals surface area contributed by atoms with Crippen molar-refractivity contribution in [1.82, 2.24) is 4.90 Å². The molecule has 31 heavy (non-hydrogen) atoms. The van der Waals surface area contributed by atoms with E-state index in [0.717, 1.165) is 17.7 Å². The van der Waals surface area contributed by atoms with E-state index in [-0.39, 0.29) is 17.9 Å². The van der Waals surface area contributed by atoms with Crippen LogP contribution in [0.4, 0.5) is 4.79 Å². The molecule has 5 nitrogen and oxygen atoms in total. The third-order valence-electron chi connectivity index (χ3n) is 5.41. The second-order valence-electron chi connectivity index (χ2n) is 8.85. The molecule has 2 unspecified atom stereocenters. The Morgan fingerprint density at radius 2 is 1.94 bits per heavy atom. The minimum atomic E-state index is -0.521. The number of amides is 1. The largest absolute Gasteiger partial charge is 0.497 e. The monoisotopic (exact) mass is 418 g/mol. The van der Waals surface area contributed by atoms with Gasteiger partial charge in [0.25, 0.3) is 0 Å². The summed E-state index contributed by atoms with van der Waals surface area (Å²) in [6, 6.07) is 17.9. The zero-order valence-corrected chi connectivity index (χ0v) is 18.7. The van der Waals surface area contributed by atoms with Gasteiger partial charge in [-0.15, -0.1) is 0 Å². The number of ether oxygens (including phenoxy) is 2. The summed E-state index contributed by atoms with van der Waals surface area (Å²) in [4.78, 5) is 14.5. The van der Waals surface area contributed by atoms with Crippen LogP contribution in [0.1, 0.15) is 49.8 Å². The molecule has 0 saturated carbocycles. The van der Waals surface area contributed by atoms with Crippen molar-refractivity contribution in [3.8, 4) is 11.8 Å². The number of nitrogens with zero attached hydrogens (tertiary/aromatic N) is 2. The predicted octanol–water partition coefficient (Wildman–Crippen LogP) is 5.62. The average Bonchev–Trinajstić information content (AvgIpc) is 2.76. The van der Waals surface area contributed by atoms with Gasteiger partial charge >= 0.3 is 6.09 Å². The molecule has 3 rings (SSSR count). The molecule has 1 amide bonds. The van der Waals surface area contributed by atoms with Crippen LogP contribution >= 0.6 is 0 Å². The first-order chi connectivity index (χ1) is 14.8. The lowest BCUT2D eigenvalue weighted by Crippen LogP contribution is -2.44. The van der Waals surface area contributed by atoms with Crippen LogP contribution in [0.25, 0.3) is 6.08 Å². The molecule has 1 saturated heterocycles. The number of carbonyl (C=O) groups is 1. The molecule has 1 aliphatic heterocycles. The number of likely N-dealkylation sites (tertiary alicyclic amines) is 1. The van der Waals surface area contributed by atoms with E-state index in [9.17, 15) is 4.79 Å². The maximum absolute atomic E-state index is 12.7. The maximum Gasteiger partial charge on any atom is 0.410 e. The molecule has 0 radical (unpaired) electrons. The van der Waals surface area contributed by atoms with Crippen molar-refractivity contribution >= 4 is 12.2 Å². The van der Waals surface area contributed by atoms with Crippen molar-refractivity contribution in [3.63, 3.8) is 0 Å². The van der Waals surface area contributed by atoms with Gasteiger partial charge in [0, 0.05) is 19.0 Å². The normalized spacial score (nSPS) is 19.1. The molecule has 0 spiro atoms. The summed E-state index contributed by atoms with van der Waals surface area (Å²) in [6.07, 6.45) is 4.77. The van der Waals surface area contributed by atoms with E-state index >= 15 is 0 Å². The number of carbonyl (C=O) groups excluding carboxylic acids is 1. The van der Waals surface area contributed by atoms with E-state index in [4.69, 9.17) is 14.7 Å². The Balaban J connectivity index is 1.84. The van der Waals surface area contributed by atoms with Crippen molar-refractivity contribution in [2.24, 2.45) is 5.92 Å². The van der Waals surface area contributed by atoms with E-state index in [2.05, 4.69) is 24.3 Å². The number of piperidine rings is 1. The summed E-state index contributed by atoms with van der Waals surface area (Å²) in [5.41, 5.74) is 2.31. The van der Waals surface area contributed by atoms with Crippen LogP contribution in [-0.2, 0) is 4.74 Å². The predicted molar refractivity (Wildman–Crippen MR) is 122 cm³/mol. The lowest BCUT2D eigenvalue weighted by atomic mass is 9.80. The summed E-state index contributed by atoms with van der Waals surface area (Å²) in [7, 11) is 1.66. The molecule has 0 bridgehead atoms. The first-order valence-electron chi connectivity index (χ1n) is 10.6. The second-order valence-corrected chi connectivity index (χ2v) is 8.85. The summed E-state index contributed by atoms with van der Waals surface area (Å²) in [5.74, 6) is 1.23. The fraction of sp³-hybridized carbons (Fsp3) is 0.385. The smallest absolute Gasteiger partial charge is 0.410 e. The molecule has 2 aromatic rings. The highest BCUT2D eigenvalue weighted by Gasteiger charge is 2.33. The quantitative estimate of drug-likeness (QED) is 0.646. The third kappa shape index (κ3) is 6.11. The van der Waals surface area contributed by atoms with Gasteiger partial charge in [-0.1, -0.05) is 36.4 Å². The van der Waals surface area contributed by atoms with Crippen LogP contribution in [0.2, 0.25) is 0 Å².